The molecule has 2 N–H and O–H groups in total. The van der Waals surface area contributed by atoms with E-state index in [1.807, 2.05) is 12.1 Å². The summed E-state index contributed by atoms with van der Waals surface area (Å²) in [5, 5.41) is 13.1. The summed E-state index contributed by atoms with van der Waals surface area (Å²) in [4.78, 5) is 0. The zero-order chi connectivity index (χ0) is 13.9. The number of nitrogens with one attached hydrogen (secondary N) is 1. The molecule has 20 heavy (non-hydrogen) atoms. The van der Waals surface area contributed by atoms with E-state index in [4.69, 9.17) is 0 Å². The first-order chi connectivity index (χ1) is 9.78. The number of halogens is 1. The van der Waals surface area contributed by atoms with Crippen LogP contribution < -0.4 is 5.32 Å². The van der Waals surface area contributed by atoms with Crippen LogP contribution in [-0.4, -0.2) is 23.8 Å². The second-order valence-electron chi connectivity index (χ2n) is 6.39. The van der Waals surface area contributed by atoms with Crippen molar-refractivity contribution in [2.24, 2.45) is 5.92 Å². The predicted octanol–water partition coefficient (Wildman–Crippen LogP) is 3.21. The molecule has 2 fully saturated rings. The van der Waals surface area contributed by atoms with E-state index in [1.54, 1.807) is 12.1 Å². The summed E-state index contributed by atoms with van der Waals surface area (Å²) in [6, 6.07) is 8.09. The summed E-state index contributed by atoms with van der Waals surface area (Å²) < 4.78 is 13.7. The molecule has 0 amide bonds. The van der Waals surface area contributed by atoms with Gasteiger partial charge in [0.1, 0.15) is 5.82 Å². The minimum absolute atomic E-state index is 0.0677. The normalized spacial score (nSPS) is 33.7. The van der Waals surface area contributed by atoms with Gasteiger partial charge in [-0.15, -0.1) is 0 Å². The topological polar surface area (TPSA) is 32.3 Å². The zero-order valence-electron chi connectivity index (χ0n) is 11.9. The highest BCUT2D eigenvalue weighted by molar-refractivity contribution is 5.24. The smallest absolute Gasteiger partial charge is 0.126 e. The number of hydrogen-bond acceptors (Lipinski definition) is 2. The predicted molar refractivity (Wildman–Crippen MR) is 78.1 cm³/mol. The van der Waals surface area contributed by atoms with Crippen molar-refractivity contribution in [3.63, 3.8) is 0 Å². The lowest BCUT2D eigenvalue weighted by molar-refractivity contribution is 0.130. The number of rotatable bonds is 4. The van der Waals surface area contributed by atoms with E-state index in [-0.39, 0.29) is 5.82 Å². The molecule has 0 bridgehead atoms. The highest BCUT2D eigenvalue weighted by Gasteiger charge is 2.35. The molecule has 0 aliphatic heterocycles. The monoisotopic (exact) mass is 277 g/mol. The van der Waals surface area contributed by atoms with Gasteiger partial charge in [-0.2, -0.15) is 0 Å². The van der Waals surface area contributed by atoms with Crippen LogP contribution in [0.5, 0.6) is 0 Å². The van der Waals surface area contributed by atoms with Crippen molar-refractivity contribution >= 4 is 0 Å². The highest BCUT2D eigenvalue weighted by Crippen LogP contribution is 2.39. The maximum atomic E-state index is 13.7. The van der Waals surface area contributed by atoms with Crippen molar-refractivity contribution in [3.8, 4) is 0 Å². The van der Waals surface area contributed by atoms with Gasteiger partial charge in [0.05, 0.1) is 0 Å². The average molecular weight is 277 g/mol. The Morgan fingerprint density at radius 3 is 2.65 bits per heavy atom. The Kier molecular flexibility index (Phi) is 4.37. The molecule has 2 aliphatic carbocycles. The minimum atomic E-state index is -0.0677. The Labute approximate surface area is 120 Å². The van der Waals surface area contributed by atoms with Crippen LogP contribution in [0.3, 0.4) is 0 Å². The molecule has 0 heterocycles. The van der Waals surface area contributed by atoms with Crippen LogP contribution in [-0.2, 0) is 0 Å². The molecule has 2 unspecified atom stereocenters. The van der Waals surface area contributed by atoms with E-state index in [2.05, 4.69) is 5.32 Å². The maximum absolute atomic E-state index is 13.7. The highest BCUT2D eigenvalue weighted by atomic mass is 19.1. The molecule has 110 valence electrons. The Morgan fingerprint density at radius 1 is 1.15 bits per heavy atom. The molecule has 3 rings (SSSR count). The van der Waals surface area contributed by atoms with Gasteiger partial charge in [0.2, 0.25) is 0 Å². The number of benzene rings is 1. The Hall–Kier alpha value is -0.930. The largest absolute Gasteiger partial charge is 0.396 e. The molecule has 0 aromatic heterocycles. The maximum Gasteiger partial charge on any atom is 0.126 e. The number of aliphatic hydroxyl groups excluding tert-OH is 1. The van der Waals surface area contributed by atoms with Crippen LogP contribution in [0.15, 0.2) is 24.3 Å². The average Bonchev–Trinajstić information content (AvgIpc) is 2.44. The van der Waals surface area contributed by atoms with Crippen molar-refractivity contribution in [2.45, 2.75) is 56.5 Å². The van der Waals surface area contributed by atoms with E-state index in [1.165, 1.54) is 19.3 Å². The van der Waals surface area contributed by atoms with E-state index in [0.29, 0.717) is 30.5 Å². The lowest BCUT2D eigenvalue weighted by Gasteiger charge is -2.42. The second-order valence-corrected chi connectivity index (χ2v) is 6.39. The molecule has 0 spiro atoms. The lowest BCUT2D eigenvalue weighted by atomic mass is 9.74. The van der Waals surface area contributed by atoms with Gasteiger partial charge in [-0.1, -0.05) is 31.0 Å². The summed E-state index contributed by atoms with van der Waals surface area (Å²) in [5.74, 6) is 0.711. The van der Waals surface area contributed by atoms with Crippen molar-refractivity contribution in [1.29, 1.82) is 0 Å². The van der Waals surface area contributed by atoms with Crippen LogP contribution >= 0.6 is 0 Å². The molecule has 3 heteroatoms. The second kappa shape index (κ2) is 6.23. The van der Waals surface area contributed by atoms with Gasteiger partial charge in [0.15, 0.2) is 0 Å². The molecule has 0 radical (unpaired) electrons. The number of aliphatic hydroxyl groups is 1. The first kappa shape index (κ1) is 14.0. The molecule has 2 aliphatic rings. The fourth-order valence-corrected chi connectivity index (χ4v) is 3.76. The molecule has 1 aromatic rings. The third-order valence-electron chi connectivity index (χ3n) is 5.08. The third kappa shape index (κ3) is 2.89. The van der Waals surface area contributed by atoms with Crippen molar-refractivity contribution in [1.82, 2.24) is 5.32 Å². The Bertz CT molecular complexity index is 444. The van der Waals surface area contributed by atoms with Gasteiger partial charge in [0, 0.05) is 18.7 Å². The fraction of sp³-hybridized carbons (Fsp3) is 0.647. The summed E-state index contributed by atoms with van der Waals surface area (Å²) in [6.45, 7) is 0.293. The van der Waals surface area contributed by atoms with Gasteiger partial charge in [-0.25, -0.2) is 4.39 Å². The van der Waals surface area contributed by atoms with Crippen molar-refractivity contribution in [3.05, 3.63) is 35.6 Å². The van der Waals surface area contributed by atoms with Crippen LogP contribution in [0.1, 0.15) is 50.0 Å². The summed E-state index contributed by atoms with van der Waals surface area (Å²) in [7, 11) is 0. The zero-order valence-corrected chi connectivity index (χ0v) is 11.9. The molecular formula is C17H24FNO. The third-order valence-corrected chi connectivity index (χ3v) is 5.08. The van der Waals surface area contributed by atoms with Crippen LogP contribution in [0, 0.1) is 11.7 Å². The van der Waals surface area contributed by atoms with E-state index >= 15 is 0 Å². The molecule has 2 atom stereocenters. The van der Waals surface area contributed by atoms with Crippen LogP contribution in [0.25, 0.3) is 0 Å². The van der Waals surface area contributed by atoms with Gasteiger partial charge < -0.3 is 10.4 Å². The van der Waals surface area contributed by atoms with Crippen molar-refractivity contribution < 1.29 is 9.50 Å². The van der Waals surface area contributed by atoms with Crippen LogP contribution in [0.2, 0.25) is 0 Å². The van der Waals surface area contributed by atoms with Crippen LogP contribution in [0.4, 0.5) is 4.39 Å². The Balaban J connectivity index is 1.52. The lowest BCUT2D eigenvalue weighted by Crippen LogP contribution is -2.50. The number of hydrogen-bond donors (Lipinski definition) is 2. The van der Waals surface area contributed by atoms with E-state index in [0.717, 1.165) is 24.8 Å². The summed E-state index contributed by atoms with van der Waals surface area (Å²) >= 11 is 0. The Morgan fingerprint density at radius 2 is 1.90 bits per heavy atom. The van der Waals surface area contributed by atoms with E-state index < -0.39 is 0 Å². The van der Waals surface area contributed by atoms with Crippen molar-refractivity contribution in [2.75, 3.05) is 6.61 Å². The first-order valence-corrected chi connectivity index (χ1v) is 7.89. The summed E-state index contributed by atoms with van der Waals surface area (Å²) in [6.07, 6.45) is 6.86. The standard InChI is InChI=1S/C17H24FNO/c18-16-7-3-2-6-15(16)13-9-14(10-13)19-17-8-4-1-5-12(17)11-20/h2-3,6-7,12-14,17,19-20H,1,4-5,8-11H2. The molecule has 1 aromatic carbocycles. The van der Waals surface area contributed by atoms with E-state index in [9.17, 15) is 9.50 Å². The van der Waals surface area contributed by atoms with Gasteiger partial charge in [-0.05, 0) is 49.1 Å². The van der Waals surface area contributed by atoms with Gasteiger partial charge >= 0.3 is 0 Å². The molecule has 0 saturated heterocycles. The summed E-state index contributed by atoms with van der Waals surface area (Å²) in [5.41, 5.74) is 0.868. The minimum Gasteiger partial charge on any atom is -0.396 e. The van der Waals surface area contributed by atoms with Gasteiger partial charge in [-0.3, -0.25) is 0 Å². The molecule has 2 saturated carbocycles. The molecule has 2 nitrogen and oxygen atoms in total. The molecular weight excluding hydrogens is 253 g/mol. The fourth-order valence-electron chi connectivity index (χ4n) is 3.76. The SMILES string of the molecule is OCC1CCCCC1NC1CC(c2ccccc2F)C1. The van der Waals surface area contributed by atoms with Gasteiger partial charge in [0.25, 0.3) is 0 Å². The first-order valence-electron chi connectivity index (χ1n) is 7.89. The quantitative estimate of drug-likeness (QED) is 0.885.